The lowest BCUT2D eigenvalue weighted by Crippen LogP contribution is -2.52. The van der Waals surface area contributed by atoms with Gasteiger partial charge < -0.3 is 24.3 Å². The van der Waals surface area contributed by atoms with Crippen molar-refractivity contribution in [1.29, 1.82) is 0 Å². The van der Waals surface area contributed by atoms with Gasteiger partial charge in [-0.2, -0.15) is 0 Å². The van der Waals surface area contributed by atoms with Crippen molar-refractivity contribution in [1.82, 2.24) is 4.90 Å². The number of fused-ring (bicyclic) bond motifs is 3. The molecule has 2 fully saturated rings. The van der Waals surface area contributed by atoms with Crippen LogP contribution in [-0.2, 0) is 35.9 Å². The number of aliphatic hydroxyl groups is 1. The summed E-state index contributed by atoms with van der Waals surface area (Å²) in [5, 5.41) is 13.0. The zero-order chi connectivity index (χ0) is 31.3. The number of anilines is 1. The number of morpholine rings is 1. The van der Waals surface area contributed by atoms with E-state index in [0.717, 1.165) is 14.7 Å². The Bertz CT molecular complexity index is 1790. The summed E-state index contributed by atoms with van der Waals surface area (Å²) in [5.41, 5.74) is 0.994. The van der Waals surface area contributed by atoms with Gasteiger partial charge in [0.1, 0.15) is 48.2 Å². The number of hydrogen-bond acceptors (Lipinski definition) is 8. The molecule has 1 unspecified atom stereocenters. The number of carbonyl (C=O) groups is 3. The minimum absolute atomic E-state index is 0.108. The lowest BCUT2D eigenvalue weighted by atomic mass is 9.66. The fourth-order valence-electron chi connectivity index (χ4n) is 7.32. The number of ether oxygens (including phenoxy) is 2. The van der Waals surface area contributed by atoms with Crippen molar-refractivity contribution in [2.24, 2.45) is 5.92 Å². The van der Waals surface area contributed by atoms with Crippen LogP contribution in [-0.4, -0.2) is 40.5 Å². The van der Waals surface area contributed by atoms with Gasteiger partial charge in [0.25, 0.3) is 0 Å². The van der Waals surface area contributed by atoms with Crippen molar-refractivity contribution in [3.05, 3.63) is 135 Å². The third-order valence-corrected chi connectivity index (χ3v) is 9.65. The molecule has 0 bridgehead atoms. The average Bonchev–Trinajstić information content (AvgIpc) is 3.74. The maximum absolute atomic E-state index is 14.6. The Kier molecular flexibility index (Phi) is 7.58. The summed E-state index contributed by atoms with van der Waals surface area (Å²) in [6.07, 6.45) is 0.657. The molecule has 1 aromatic heterocycles. The number of furan rings is 1. The summed E-state index contributed by atoms with van der Waals surface area (Å²) < 4.78 is 19.0. The lowest BCUT2D eigenvalue weighted by molar-refractivity contribution is -0.180. The quantitative estimate of drug-likeness (QED) is 0.149. The molecule has 10 heteroatoms. The van der Waals surface area contributed by atoms with Gasteiger partial charge in [-0.15, -0.1) is 0 Å². The van der Waals surface area contributed by atoms with Crippen molar-refractivity contribution < 1.29 is 33.4 Å². The minimum atomic E-state index is -1.67. The van der Waals surface area contributed by atoms with E-state index in [0.29, 0.717) is 17.0 Å². The largest absolute Gasteiger partial charge is 0.462 e. The highest BCUT2D eigenvalue weighted by atomic mass is 127. The summed E-state index contributed by atoms with van der Waals surface area (Å²) in [4.78, 5) is 45.2. The number of benzene rings is 3. The van der Waals surface area contributed by atoms with E-state index in [1.807, 2.05) is 77.7 Å². The van der Waals surface area contributed by atoms with Gasteiger partial charge in [0.05, 0.1) is 12.1 Å². The first-order chi connectivity index (χ1) is 21.9. The topological polar surface area (TPSA) is 118 Å². The molecule has 1 spiro atoms. The number of rotatable bonds is 7. The molecule has 7 rings (SSSR count). The Hall–Kier alpha value is -4.26. The number of cyclic esters (lactones) is 1. The van der Waals surface area contributed by atoms with Crippen LogP contribution >= 0.6 is 22.6 Å². The molecule has 45 heavy (non-hydrogen) atoms. The van der Waals surface area contributed by atoms with Crippen LogP contribution in [0, 0.1) is 9.49 Å². The van der Waals surface area contributed by atoms with E-state index in [9.17, 15) is 19.5 Å². The fourth-order valence-corrected chi connectivity index (χ4v) is 7.81. The molecule has 3 aliphatic rings. The number of nitrogens with one attached hydrogen (secondary N) is 1. The molecule has 228 valence electrons. The van der Waals surface area contributed by atoms with Crippen LogP contribution in [0.3, 0.4) is 0 Å². The normalized spacial score (nSPS) is 27.0. The van der Waals surface area contributed by atoms with Crippen LogP contribution in [0.2, 0.25) is 0 Å². The van der Waals surface area contributed by atoms with Crippen LogP contribution in [0.25, 0.3) is 0 Å². The summed E-state index contributed by atoms with van der Waals surface area (Å²) in [7, 11) is 0. The molecular weight excluding hydrogens is 687 g/mol. The molecule has 4 aromatic rings. The Morgan fingerprint density at radius 3 is 2.38 bits per heavy atom. The Morgan fingerprint density at radius 2 is 1.71 bits per heavy atom. The Balaban J connectivity index is 1.56. The molecule has 0 saturated carbocycles. The Morgan fingerprint density at radius 1 is 1.00 bits per heavy atom. The summed E-state index contributed by atoms with van der Waals surface area (Å²) >= 11 is 2.17. The van der Waals surface area contributed by atoms with E-state index in [1.165, 1.54) is 6.08 Å². The van der Waals surface area contributed by atoms with Crippen LogP contribution < -0.4 is 5.32 Å². The maximum Gasteiger partial charge on any atom is 0.325 e. The first kappa shape index (κ1) is 29.5. The van der Waals surface area contributed by atoms with Gasteiger partial charge in [0, 0.05) is 9.26 Å². The monoisotopic (exact) mass is 716 g/mol. The van der Waals surface area contributed by atoms with Crippen LogP contribution in [0.5, 0.6) is 0 Å². The van der Waals surface area contributed by atoms with E-state index in [-0.39, 0.29) is 19.0 Å². The summed E-state index contributed by atoms with van der Waals surface area (Å²) in [6.45, 7) is 3.20. The predicted octanol–water partition coefficient (Wildman–Crippen LogP) is 5.38. The van der Waals surface area contributed by atoms with E-state index in [4.69, 9.17) is 13.9 Å². The van der Waals surface area contributed by atoms with Crippen molar-refractivity contribution in [2.75, 3.05) is 11.9 Å². The number of aliphatic hydroxyl groups excluding tert-OH is 1. The Labute approximate surface area is 273 Å². The molecule has 0 aliphatic carbocycles. The van der Waals surface area contributed by atoms with E-state index >= 15 is 0 Å². The zero-order valence-corrected chi connectivity index (χ0v) is 26.1. The first-order valence-electron chi connectivity index (χ1n) is 14.6. The molecule has 3 aromatic carbocycles. The highest BCUT2D eigenvalue weighted by Crippen LogP contribution is 2.65. The van der Waals surface area contributed by atoms with Crippen molar-refractivity contribution in [2.45, 2.75) is 36.3 Å². The highest BCUT2D eigenvalue weighted by Gasteiger charge is 2.75. The third kappa shape index (κ3) is 4.53. The van der Waals surface area contributed by atoms with Gasteiger partial charge in [0.2, 0.25) is 5.91 Å². The SMILES string of the molecule is C=CCOC(=O)C1[C@@H]2C(=O)O[C@@H](c3ccccc3)[C@@H](c3ccccc3)N2[C@@H](c2ccc(CO)o2)[C@]12C(=O)Nc1ccc(I)cc12. The number of hydrogen-bond donors (Lipinski definition) is 2. The summed E-state index contributed by atoms with van der Waals surface area (Å²) in [6, 6.07) is 25.0. The van der Waals surface area contributed by atoms with Gasteiger partial charge in [-0.25, -0.2) is 0 Å². The second-order valence-electron chi connectivity index (χ2n) is 11.3. The van der Waals surface area contributed by atoms with Gasteiger partial charge in [0.15, 0.2) is 0 Å². The van der Waals surface area contributed by atoms with Crippen LogP contribution in [0.15, 0.2) is 108 Å². The van der Waals surface area contributed by atoms with Crippen LogP contribution in [0.1, 0.15) is 46.4 Å². The molecule has 0 radical (unpaired) electrons. The van der Waals surface area contributed by atoms with Crippen molar-refractivity contribution in [3.63, 3.8) is 0 Å². The highest BCUT2D eigenvalue weighted by molar-refractivity contribution is 14.1. The maximum atomic E-state index is 14.6. The van der Waals surface area contributed by atoms with E-state index in [2.05, 4.69) is 34.5 Å². The third-order valence-electron chi connectivity index (χ3n) is 8.98. The predicted molar refractivity (Wildman–Crippen MR) is 172 cm³/mol. The standard InChI is InChI=1S/C35H29IN2O7/c1-2-17-43-32(40)27-29-33(41)45-30(21-11-7-4-8-12-21)28(20-9-5-3-6-10-20)38(29)31(26-16-14-23(19-39)44-26)35(27)24-18-22(36)13-15-25(24)37-34(35)42/h2-16,18,27-31,39H,1,17,19H2,(H,37,42)/t27?,28-,29-,30+,31+,35-/m1/s1. The average molecular weight is 717 g/mol. The lowest BCUT2D eigenvalue weighted by Gasteiger charge is -2.45. The molecule has 1 amide bonds. The van der Waals surface area contributed by atoms with Gasteiger partial charge in [-0.1, -0.05) is 73.3 Å². The number of carbonyl (C=O) groups excluding carboxylic acids is 3. The number of amides is 1. The van der Waals surface area contributed by atoms with Gasteiger partial charge >= 0.3 is 11.9 Å². The molecule has 9 nitrogen and oxygen atoms in total. The summed E-state index contributed by atoms with van der Waals surface area (Å²) in [5.74, 6) is -2.56. The zero-order valence-electron chi connectivity index (χ0n) is 24.0. The number of esters is 2. The smallest absolute Gasteiger partial charge is 0.325 e. The molecule has 3 aliphatic heterocycles. The molecule has 2 N–H and O–H groups in total. The van der Waals surface area contributed by atoms with Gasteiger partial charge in [-0.05, 0) is 69.6 Å². The van der Waals surface area contributed by atoms with Crippen molar-refractivity contribution >= 4 is 46.1 Å². The second kappa shape index (κ2) is 11.6. The second-order valence-corrected chi connectivity index (χ2v) is 12.5. The number of halogens is 1. The molecule has 2 saturated heterocycles. The molecule has 6 atom stereocenters. The van der Waals surface area contributed by atoms with Crippen molar-refractivity contribution in [3.8, 4) is 0 Å². The van der Waals surface area contributed by atoms with E-state index in [1.54, 1.807) is 18.2 Å². The van der Waals surface area contributed by atoms with Crippen LogP contribution in [0.4, 0.5) is 5.69 Å². The molecular formula is C35H29IN2O7. The first-order valence-corrected chi connectivity index (χ1v) is 15.6. The number of nitrogens with zero attached hydrogens (tertiary/aromatic N) is 1. The molecule has 4 heterocycles. The minimum Gasteiger partial charge on any atom is -0.462 e. The van der Waals surface area contributed by atoms with E-state index < -0.39 is 53.4 Å². The van der Waals surface area contributed by atoms with Gasteiger partial charge in [-0.3, -0.25) is 19.3 Å². The fraction of sp³-hybridized carbons (Fsp3) is 0.229.